The second kappa shape index (κ2) is 7.97. The summed E-state index contributed by atoms with van der Waals surface area (Å²) in [7, 11) is 0. The van der Waals surface area contributed by atoms with Crippen molar-refractivity contribution in [2.75, 3.05) is 36.9 Å². The van der Waals surface area contributed by atoms with E-state index in [0.29, 0.717) is 31.1 Å². The van der Waals surface area contributed by atoms with Crippen LogP contribution >= 0.6 is 0 Å². The third kappa shape index (κ3) is 6.12. The van der Waals surface area contributed by atoms with Gasteiger partial charge < -0.3 is 20.1 Å². The first kappa shape index (κ1) is 15.8. The molecule has 0 unspecified atom stereocenters. The zero-order chi connectivity index (χ0) is 15.1. The van der Waals surface area contributed by atoms with Crippen LogP contribution in [0, 0.1) is 5.92 Å². The Morgan fingerprint density at radius 2 is 1.86 bits per heavy atom. The molecule has 1 aromatic rings. The van der Waals surface area contributed by atoms with Crippen LogP contribution in [0.1, 0.15) is 33.6 Å². The maximum Gasteiger partial charge on any atom is 0.323 e. The number of anilines is 2. The van der Waals surface area contributed by atoms with Crippen molar-refractivity contribution in [3.05, 3.63) is 0 Å². The highest BCUT2D eigenvalue weighted by Gasteiger charge is 2.20. The molecule has 21 heavy (non-hydrogen) atoms. The van der Waals surface area contributed by atoms with E-state index in [1.54, 1.807) is 0 Å². The summed E-state index contributed by atoms with van der Waals surface area (Å²) in [5, 5.41) is 6.22. The molecule has 0 saturated heterocycles. The molecule has 0 bridgehead atoms. The summed E-state index contributed by atoms with van der Waals surface area (Å²) in [4.78, 5) is 12.8. The number of aromatic nitrogens is 3. The predicted octanol–water partition coefficient (Wildman–Crippen LogP) is 1.93. The molecule has 0 aliphatic heterocycles. The molecule has 7 heteroatoms. The largest absolute Gasteiger partial charge is 0.461 e. The second-order valence-corrected chi connectivity index (χ2v) is 5.41. The molecule has 0 atom stereocenters. The van der Waals surface area contributed by atoms with E-state index < -0.39 is 0 Å². The highest BCUT2D eigenvalue weighted by atomic mass is 16.5. The summed E-state index contributed by atoms with van der Waals surface area (Å²) in [6, 6.07) is 0.331. The van der Waals surface area contributed by atoms with Crippen molar-refractivity contribution in [2.24, 2.45) is 5.92 Å². The van der Waals surface area contributed by atoms with Gasteiger partial charge in [-0.2, -0.15) is 15.0 Å². The lowest BCUT2D eigenvalue weighted by Gasteiger charge is -2.11. The molecule has 7 nitrogen and oxygen atoms in total. The van der Waals surface area contributed by atoms with Gasteiger partial charge in [0.05, 0.1) is 12.7 Å². The molecule has 0 spiro atoms. The van der Waals surface area contributed by atoms with Gasteiger partial charge in [0.15, 0.2) is 0 Å². The Morgan fingerprint density at radius 3 is 2.48 bits per heavy atom. The van der Waals surface area contributed by atoms with Gasteiger partial charge in [-0.15, -0.1) is 0 Å². The van der Waals surface area contributed by atoms with Gasteiger partial charge in [-0.05, 0) is 39.5 Å². The zero-order valence-corrected chi connectivity index (χ0v) is 13.1. The SMILES string of the molecule is CCNc1nc(NCCOCC2CC2)nc(OC(C)C)n1. The van der Waals surface area contributed by atoms with Crippen LogP contribution in [0.5, 0.6) is 6.01 Å². The van der Waals surface area contributed by atoms with Crippen LogP contribution in [0.15, 0.2) is 0 Å². The highest BCUT2D eigenvalue weighted by molar-refractivity contribution is 5.35. The van der Waals surface area contributed by atoms with Crippen LogP contribution in [0.25, 0.3) is 0 Å². The summed E-state index contributed by atoms with van der Waals surface area (Å²) in [5.74, 6) is 1.81. The Bertz CT molecular complexity index is 437. The average molecular weight is 295 g/mol. The minimum absolute atomic E-state index is 0.0246. The molecule has 0 amide bonds. The van der Waals surface area contributed by atoms with E-state index in [-0.39, 0.29) is 6.10 Å². The summed E-state index contributed by atoms with van der Waals surface area (Å²) in [6.07, 6.45) is 2.64. The molecule has 1 saturated carbocycles. The third-order valence-electron chi connectivity index (χ3n) is 2.87. The molecule has 118 valence electrons. The van der Waals surface area contributed by atoms with Gasteiger partial charge in [0.1, 0.15) is 0 Å². The lowest BCUT2D eigenvalue weighted by molar-refractivity contribution is 0.133. The minimum Gasteiger partial charge on any atom is -0.461 e. The van der Waals surface area contributed by atoms with Crippen LogP contribution in [0.3, 0.4) is 0 Å². The van der Waals surface area contributed by atoms with E-state index in [2.05, 4.69) is 25.6 Å². The van der Waals surface area contributed by atoms with Crippen LogP contribution in [-0.4, -0.2) is 47.4 Å². The number of rotatable bonds is 10. The van der Waals surface area contributed by atoms with Crippen molar-refractivity contribution in [3.8, 4) is 6.01 Å². The summed E-state index contributed by atoms with van der Waals surface area (Å²) in [6.45, 7) is 8.80. The van der Waals surface area contributed by atoms with E-state index in [9.17, 15) is 0 Å². The van der Waals surface area contributed by atoms with Crippen LogP contribution < -0.4 is 15.4 Å². The summed E-state index contributed by atoms with van der Waals surface area (Å²) >= 11 is 0. The Balaban J connectivity index is 1.84. The normalized spacial score (nSPS) is 14.3. The smallest absolute Gasteiger partial charge is 0.323 e. The van der Waals surface area contributed by atoms with E-state index in [1.807, 2.05) is 20.8 Å². The average Bonchev–Trinajstić information content (AvgIpc) is 3.22. The fourth-order valence-corrected chi connectivity index (χ4v) is 1.71. The quantitative estimate of drug-likeness (QED) is 0.638. The molecule has 2 N–H and O–H groups in total. The monoisotopic (exact) mass is 295 g/mol. The predicted molar refractivity (Wildman–Crippen MR) is 81.8 cm³/mol. The third-order valence-corrected chi connectivity index (χ3v) is 2.87. The van der Waals surface area contributed by atoms with Crippen molar-refractivity contribution < 1.29 is 9.47 Å². The zero-order valence-electron chi connectivity index (χ0n) is 13.1. The molecule has 2 rings (SSSR count). The molecular formula is C14H25N5O2. The fraction of sp³-hybridized carbons (Fsp3) is 0.786. The van der Waals surface area contributed by atoms with Crippen LogP contribution in [-0.2, 0) is 4.74 Å². The highest BCUT2D eigenvalue weighted by Crippen LogP contribution is 2.28. The van der Waals surface area contributed by atoms with Crippen molar-refractivity contribution >= 4 is 11.9 Å². The number of hydrogen-bond acceptors (Lipinski definition) is 7. The molecular weight excluding hydrogens is 270 g/mol. The first-order valence-electron chi connectivity index (χ1n) is 7.65. The van der Waals surface area contributed by atoms with Gasteiger partial charge in [-0.3, -0.25) is 0 Å². The second-order valence-electron chi connectivity index (χ2n) is 5.41. The van der Waals surface area contributed by atoms with Gasteiger partial charge >= 0.3 is 6.01 Å². The lowest BCUT2D eigenvalue weighted by atomic mass is 10.5. The summed E-state index contributed by atoms with van der Waals surface area (Å²) in [5.41, 5.74) is 0. The molecule has 1 aliphatic rings. The maximum absolute atomic E-state index is 5.57. The Morgan fingerprint density at radius 1 is 1.14 bits per heavy atom. The van der Waals surface area contributed by atoms with Gasteiger partial charge in [-0.25, -0.2) is 0 Å². The lowest BCUT2D eigenvalue weighted by Crippen LogP contribution is -2.16. The van der Waals surface area contributed by atoms with Crippen molar-refractivity contribution in [3.63, 3.8) is 0 Å². The van der Waals surface area contributed by atoms with E-state index in [4.69, 9.17) is 9.47 Å². The molecule has 1 aliphatic carbocycles. The van der Waals surface area contributed by atoms with Gasteiger partial charge in [0.2, 0.25) is 11.9 Å². The van der Waals surface area contributed by atoms with Crippen molar-refractivity contribution in [1.82, 2.24) is 15.0 Å². The van der Waals surface area contributed by atoms with Crippen LogP contribution in [0.2, 0.25) is 0 Å². The van der Waals surface area contributed by atoms with Gasteiger partial charge in [0, 0.05) is 19.7 Å². The first-order chi connectivity index (χ1) is 10.2. The Labute approximate surface area is 125 Å². The Hall–Kier alpha value is -1.63. The van der Waals surface area contributed by atoms with E-state index >= 15 is 0 Å². The minimum atomic E-state index is 0.0246. The fourth-order valence-electron chi connectivity index (χ4n) is 1.71. The van der Waals surface area contributed by atoms with Gasteiger partial charge in [0.25, 0.3) is 0 Å². The standard InChI is InChI=1S/C14H25N5O2/c1-4-15-12-17-13(19-14(18-12)21-10(2)3)16-7-8-20-9-11-5-6-11/h10-11H,4-9H2,1-3H3,(H2,15,16,17,18,19). The van der Waals surface area contributed by atoms with Crippen molar-refractivity contribution in [1.29, 1.82) is 0 Å². The molecule has 1 heterocycles. The van der Waals surface area contributed by atoms with Gasteiger partial charge in [-0.1, -0.05) is 0 Å². The molecule has 1 aromatic heterocycles. The summed E-state index contributed by atoms with van der Waals surface area (Å²) < 4.78 is 11.1. The van der Waals surface area contributed by atoms with Crippen molar-refractivity contribution in [2.45, 2.75) is 39.7 Å². The molecule has 0 aromatic carbocycles. The van der Waals surface area contributed by atoms with E-state index in [0.717, 1.165) is 19.1 Å². The molecule has 0 radical (unpaired) electrons. The Kier molecular flexibility index (Phi) is 5.98. The first-order valence-corrected chi connectivity index (χ1v) is 7.65. The topological polar surface area (TPSA) is 81.2 Å². The number of ether oxygens (including phenoxy) is 2. The maximum atomic E-state index is 5.57. The number of hydrogen-bond donors (Lipinski definition) is 2. The number of nitrogens with one attached hydrogen (secondary N) is 2. The van der Waals surface area contributed by atoms with E-state index in [1.165, 1.54) is 12.8 Å². The molecule has 1 fully saturated rings. The number of nitrogens with zero attached hydrogens (tertiary/aromatic N) is 3. The van der Waals surface area contributed by atoms with Crippen LogP contribution in [0.4, 0.5) is 11.9 Å².